The van der Waals surface area contributed by atoms with E-state index in [1.807, 2.05) is 19.1 Å². The summed E-state index contributed by atoms with van der Waals surface area (Å²) in [5.74, 6) is -0.643. The van der Waals surface area contributed by atoms with Gasteiger partial charge in [0.25, 0.3) is 0 Å². The molecule has 6 heteroatoms. The van der Waals surface area contributed by atoms with Crippen LogP contribution < -0.4 is 21.3 Å². The first-order valence-electron chi connectivity index (χ1n) is 8.85. The molecule has 0 aromatic heterocycles. The van der Waals surface area contributed by atoms with E-state index in [0.29, 0.717) is 11.3 Å². The summed E-state index contributed by atoms with van der Waals surface area (Å²) >= 11 is 0. The molecule has 1 aliphatic rings. The molecule has 26 heavy (non-hydrogen) atoms. The molecule has 1 fully saturated rings. The maximum Gasteiger partial charge on any atom is 0.248 e. The van der Waals surface area contributed by atoms with Gasteiger partial charge in [0.2, 0.25) is 11.8 Å². The van der Waals surface area contributed by atoms with Gasteiger partial charge in [-0.25, -0.2) is 0 Å². The first kappa shape index (κ1) is 17.8. The Labute approximate surface area is 153 Å². The van der Waals surface area contributed by atoms with Crippen LogP contribution in [0.3, 0.4) is 0 Å². The average molecular weight is 352 g/mol. The van der Waals surface area contributed by atoms with Gasteiger partial charge in [-0.15, -0.1) is 0 Å². The Morgan fingerprint density at radius 1 is 0.962 bits per heavy atom. The molecule has 0 radical (unpaired) electrons. The first-order chi connectivity index (χ1) is 12.5. The van der Waals surface area contributed by atoms with Crippen LogP contribution in [0.15, 0.2) is 48.5 Å². The molecule has 6 nitrogen and oxygen atoms in total. The Hall–Kier alpha value is -3.02. The van der Waals surface area contributed by atoms with E-state index in [4.69, 9.17) is 5.73 Å². The highest BCUT2D eigenvalue weighted by Crippen LogP contribution is 2.22. The molecule has 1 heterocycles. The Morgan fingerprint density at radius 2 is 1.54 bits per heavy atom. The van der Waals surface area contributed by atoms with Gasteiger partial charge in [-0.2, -0.15) is 0 Å². The van der Waals surface area contributed by atoms with Crippen molar-refractivity contribution in [3.63, 3.8) is 0 Å². The van der Waals surface area contributed by atoms with E-state index >= 15 is 0 Å². The van der Waals surface area contributed by atoms with Crippen molar-refractivity contribution in [1.82, 2.24) is 0 Å². The van der Waals surface area contributed by atoms with Gasteiger partial charge in [-0.1, -0.05) is 0 Å². The van der Waals surface area contributed by atoms with Gasteiger partial charge in [-0.05, 0) is 68.3 Å². The van der Waals surface area contributed by atoms with Gasteiger partial charge in [0.05, 0.1) is 0 Å². The number of nitrogens with zero attached hydrogens (tertiary/aromatic N) is 1. The minimum Gasteiger partial charge on any atom is -0.374 e. The third-order valence-corrected chi connectivity index (χ3v) is 4.55. The summed E-state index contributed by atoms with van der Waals surface area (Å²) in [4.78, 5) is 25.8. The number of anilines is 3. The van der Waals surface area contributed by atoms with Gasteiger partial charge >= 0.3 is 0 Å². The number of hydrogen-bond acceptors (Lipinski definition) is 4. The van der Waals surface area contributed by atoms with Gasteiger partial charge in [0.15, 0.2) is 0 Å². The molecule has 0 aliphatic carbocycles. The normalized spacial score (nSPS) is 14.7. The van der Waals surface area contributed by atoms with Crippen LogP contribution in [0.5, 0.6) is 0 Å². The van der Waals surface area contributed by atoms with Crippen LogP contribution in [0.1, 0.15) is 30.1 Å². The molecule has 2 aromatic rings. The molecule has 2 amide bonds. The number of carbonyl (C=O) groups is 2. The molecule has 1 atom stereocenters. The molecular formula is C20H24N4O2. The number of nitrogens with one attached hydrogen (secondary N) is 2. The Morgan fingerprint density at radius 3 is 2.12 bits per heavy atom. The zero-order chi connectivity index (χ0) is 18.5. The van der Waals surface area contributed by atoms with Crippen LogP contribution in [0.4, 0.5) is 17.1 Å². The predicted molar refractivity (Wildman–Crippen MR) is 105 cm³/mol. The fraction of sp³-hybridized carbons (Fsp3) is 0.300. The highest BCUT2D eigenvalue weighted by atomic mass is 16.2. The summed E-state index contributed by atoms with van der Waals surface area (Å²) in [5.41, 5.74) is 8.37. The zero-order valence-electron chi connectivity index (χ0n) is 14.9. The number of rotatable bonds is 6. The third kappa shape index (κ3) is 4.33. The van der Waals surface area contributed by atoms with Crippen molar-refractivity contribution in [2.45, 2.75) is 25.8 Å². The molecule has 0 saturated carbocycles. The van der Waals surface area contributed by atoms with E-state index in [0.717, 1.165) is 18.8 Å². The molecule has 0 bridgehead atoms. The number of primary amides is 1. The molecule has 0 spiro atoms. The van der Waals surface area contributed by atoms with Crippen molar-refractivity contribution in [3.05, 3.63) is 54.1 Å². The number of hydrogen-bond donors (Lipinski definition) is 3. The van der Waals surface area contributed by atoms with E-state index in [-0.39, 0.29) is 5.91 Å². The van der Waals surface area contributed by atoms with Gasteiger partial charge in [-0.3, -0.25) is 9.59 Å². The quantitative estimate of drug-likeness (QED) is 0.746. The monoisotopic (exact) mass is 352 g/mol. The first-order valence-corrected chi connectivity index (χ1v) is 8.85. The van der Waals surface area contributed by atoms with Crippen LogP contribution in [0.2, 0.25) is 0 Å². The molecule has 4 N–H and O–H groups in total. The van der Waals surface area contributed by atoms with Crippen molar-refractivity contribution in [2.24, 2.45) is 5.73 Å². The molecule has 0 unspecified atom stereocenters. The highest BCUT2D eigenvalue weighted by molar-refractivity contribution is 5.97. The summed E-state index contributed by atoms with van der Waals surface area (Å²) in [7, 11) is 0. The van der Waals surface area contributed by atoms with Crippen LogP contribution in [0, 0.1) is 0 Å². The molecule has 136 valence electrons. The lowest BCUT2D eigenvalue weighted by Gasteiger charge is -2.19. The van der Waals surface area contributed by atoms with Crippen molar-refractivity contribution >= 4 is 28.9 Å². The lowest BCUT2D eigenvalue weighted by molar-refractivity contribution is -0.116. The fourth-order valence-corrected chi connectivity index (χ4v) is 3.03. The van der Waals surface area contributed by atoms with E-state index in [2.05, 4.69) is 27.7 Å². The molecule has 2 aromatic carbocycles. The maximum atomic E-state index is 12.3. The summed E-state index contributed by atoms with van der Waals surface area (Å²) in [6.07, 6.45) is 2.50. The fourth-order valence-electron chi connectivity index (χ4n) is 3.03. The number of benzene rings is 2. The molecule has 3 rings (SSSR count). The largest absolute Gasteiger partial charge is 0.374 e. The smallest absolute Gasteiger partial charge is 0.248 e. The summed E-state index contributed by atoms with van der Waals surface area (Å²) < 4.78 is 0. The van der Waals surface area contributed by atoms with Crippen molar-refractivity contribution in [1.29, 1.82) is 0 Å². The zero-order valence-corrected chi connectivity index (χ0v) is 14.9. The van der Waals surface area contributed by atoms with E-state index < -0.39 is 11.9 Å². The van der Waals surface area contributed by atoms with Gasteiger partial charge < -0.3 is 21.3 Å². The minimum absolute atomic E-state index is 0.152. The molecule has 1 saturated heterocycles. The van der Waals surface area contributed by atoms with E-state index in [1.165, 1.54) is 18.5 Å². The number of carbonyl (C=O) groups excluding carboxylic acids is 2. The Bertz CT molecular complexity index is 765. The Kier molecular flexibility index (Phi) is 5.41. The highest BCUT2D eigenvalue weighted by Gasteiger charge is 2.15. The second-order valence-electron chi connectivity index (χ2n) is 6.54. The lowest BCUT2D eigenvalue weighted by Crippen LogP contribution is -2.31. The van der Waals surface area contributed by atoms with Gasteiger partial charge in [0, 0.05) is 35.7 Å². The minimum atomic E-state index is -0.490. The summed E-state index contributed by atoms with van der Waals surface area (Å²) in [6.45, 7) is 4.03. The van der Waals surface area contributed by atoms with Crippen molar-refractivity contribution < 1.29 is 9.59 Å². The van der Waals surface area contributed by atoms with Crippen LogP contribution in [0.25, 0.3) is 0 Å². The van der Waals surface area contributed by atoms with Crippen LogP contribution in [-0.4, -0.2) is 30.9 Å². The van der Waals surface area contributed by atoms with Crippen LogP contribution in [-0.2, 0) is 4.79 Å². The van der Waals surface area contributed by atoms with Crippen LogP contribution >= 0.6 is 0 Å². The predicted octanol–water partition coefficient (Wildman–Crippen LogP) is 2.82. The molecular weight excluding hydrogens is 328 g/mol. The van der Waals surface area contributed by atoms with Crippen molar-refractivity contribution in [2.75, 3.05) is 28.6 Å². The third-order valence-electron chi connectivity index (χ3n) is 4.55. The SMILES string of the molecule is C[C@@H](Nc1ccc(N2CCCC2)cc1)C(=O)Nc1ccc(C(N)=O)cc1. The second kappa shape index (κ2) is 7.91. The standard InChI is InChI=1S/C20H24N4O2/c1-14(20(26)23-17-6-4-15(5-7-17)19(21)25)22-16-8-10-18(11-9-16)24-12-2-3-13-24/h4-11,14,22H,2-3,12-13H2,1H3,(H2,21,25)(H,23,26)/t14-/m1/s1. The van der Waals surface area contributed by atoms with E-state index in [1.54, 1.807) is 24.3 Å². The number of amides is 2. The summed E-state index contributed by atoms with van der Waals surface area (Å²) in [6, 6.07) is 14.3. The Balaban J connectivity index is 1.55. The topological polar surface area (TPSA) is 87.5 Å². The van der Waals surface area contributed by atoms with Crippen molar-refractivity contribution in [3.8, 4) is 0 Å². The van der Waals surface area contributed by atoms with Gasteiger partial charge in [0.1, 0.15) is 6.04 Å². The number of nitrogens with two attached hydrogens (primary N) is 1. The summed E-state index contributed by atoms with van der Waals surface area (Å²) in [5, 5.41) is 6.03. The lowest BCUT2D eigenvalue weighted by atomic mass is 10.2. The molecule has 1 aliphatic heterocycles. The maximum absolute atomic E-state index is 12.3. The average Bonchev–Trinajstić information content (AvgIpc) is 3.17. The second-order valence-corrected chi connectivity index (χ2v) is 6.54. The van der Waals surface area contributed by atoms with E-state index in [9.17, 15) is 9.59 Å².